The second kappa shape index (κ2) is 5.15. The molecule has 0 saturated carbocycles. The Balaban J connectivity index is 2.05. The van der Waals surface area contributed by atoms with Crippen molar-refractivity contribution in [2.45, 2.75) is 12.5 Å². The van der Waals surface area contributed by atoms with Gasteiger partial charge in [-0.1, -0.05) is 60.7 Å². The van der Waals surface area contributed by atoms with E-state index in [1.165, 1.54) is 11.1 Å². The minimum absolute atomic E-state index is 0.0638. The maximum atomic E-state index is 6.13. The monoisotopic (exact) mass is 248 g/mol. The maximum absolute atomic E-state index is 6.13. The van der Waals surface area contributed by atoms with Gasteiger partial charge >= 0.3 is 0 Å². The summed E-state index contributed by atoms with van der Waals surface area (Å²) in [5, 5.41) is 0. The van der Waals surface area contributed by atoms with Crippen molar-refractivity contribution < 1.29 is 4.74 Å². The average molecular weight is 248 g/mol. The molecule has 0 bridgehead atoms. The van der Waals surface area contributed by atoms with Crippen molar-refractivity contribution >= 4 is 11.8 Å². The molecule has 1 aliphatic heterocycles. The summed E-state index contributed by atoms with van der Waals surface area (Å²) in [7, 11) is 0. The van der Waals surface area contributed by atoms with Crippen LogP contribution in [0.5, 0.6) is 0 Å². The summed E-state index contributed by atoms with van der Waals surface area (Å²) in [4.78, 5) is 0. The molecule has 0 fully saturated rings. The summed E-state index contributed by atoms with van der Waals surface area (Å²) in [5.74, 6) is 0.936. The van der Waals surface area contributed by atoms with Crippen LogP contribution in [0.4, 0.5) is 0 Å². The molecule has 1 heteroatoms. The Morgan fingerprint density at radius 1 is 1.00 bits per heavy atom. The molecule has 1 atom stereocenters. The van der Waals surface area contributed by atoms with E-state index < -0.39 is 0 Å². The van der Waals surface area contributed by atoms with Crippen LogP contribution >= 0.6 is 0 Å². The maximum Gasteiger partial charge on any atom is 0.128 e. The van der Waals surface area contributed by atoms with Crippen molar-refractivity contribution in [3.63, 3.8) is 0 Å². The minimum Gasteiger partial charge on any atom is -0.485 e. The highest BCUT2D eigenvalue weighted by Crippen LogP contribution is 2.37. The van der Waals surface area contributed by atoms with Crippen LogP contribution in [0.2, 0.25) is 0 Å². The van der Waals surface area contributed by atoms with Crippen molar-refractivity contribution in [3.05, 3.63) is 83.9 Å². The third-order valence-corrected chi connectivity index (χ3v) is 3.34. The molecule has 1 heterocycles. The van der Waals surface area contributed by atoms with Gasteiger partial charge in [-0.15, -0.1) is 6.58 Å². The van der Waals surface area contributed by atoms with Gasteiger partial charge in [-0.25, -0.2) is 0 Å². The summed E-state index contributed by atoms with van der Waals surface area (Å²) >= 11 is 0. The number of fused-ring (bicyclic) bond motifs is 1. The van der Waals surface area contributed by atoms with Crippen molar-refractivity contribution in [1.29, 1.82) is 0 Å². The lowest BCUT2D eigenvalue weighted by Gasteiger charge is -2.26. The zero-order valence-corrected chi connectivity index (χ0v) is 10.8. The van der Waals surface area contributed by atoms with Gasteiger partial charge in [-0.3, -0.25) is 0 Å². The lowest BCUT2D eigenvalue weighted by atomic mass is 9.96. The first-order valence-corrected chi connectivity index (χ1v) is 6.52. The lowest BCUT2D eigenvalue weighted by Crippen LogP contribution is -2.09. The predicted molar refractivity (Wildman–Crippen MR) is 79.4 cm³/mol. The average Bonchev–Trinajstić information content (AvgIpc) is 2.48. The second-order valence-corrected chi connectivity index (χ2v) is 4.63. The second-order valence-electron chi connectivity index (χ2n) is 4.63. The smallest absolute Gasteiger partial charge is 0.128 e. The van der Waals surface area contributed by atoms with Crippen LogP contribution < -0.4 is 0 Å². The van der Waals surface area contributed by atoms with E-state index in [1.54, 1.807) is 0 Å². The molecule has 0 saturated heterocycles. The van der Waals surface area contributed by atoms with Crippen LogP contribution in [-0.2, 0) is 4.74 Å². The Morgan fingerprint density at radius 2 is 1.74 bits per heavy atom. The first kappa shape index (κ1) is 11.8. The summed E-state index contributed by atoms with van der Waals surface area (Å²) in [6.45, 7) is 3.83. The lowest BCUT2D eigenvalue weighted by molar-refractivity contribution is 0.170. The molecule has 1 aliphatic rings. The highest BCUT2D eigenvalue weighted by atomic mass is 16.5. The van der Waals surface area contributed by atoms with E-state index in [2.05, 4.69) is 49.1 Å². The van der Waals surface area contributed by atoms with Gasteiger partial charge in [0.2, 0.25) is 0 Å². The molecule has 0 radical (unpaired) electrons. The van der Waals surface area contributed by atoms with Crippen LogP contribution in [0.3, 0.4) is 0 Å². The molecule has 0 amide bonds. The molecule has 0 N–H and O–H groups in total. The fourth-order valence-corrected chi connectivity index (χ4v) is 2.41. The SMILES string of the molecule is C=CCC1OC(c2ccccc2)=Cc2ccccc21. The third kappa shape index (κ3) is 2.32. The van der Waals surface area contributed by atoms with E-state index in [0.717, 1.165) is 17.7 Å². The van der Waals surface area contributed by atoms with E-state index in [-0.39, 0.29) is 6.10 Å². The quantitative estimate of drug-likeness (QED) is 0.707. The van der Waals surface area contributed by atoms with Gasteiger partial charge in [0.1, 0.15) is 11.9 Å². The molecule has 19 heavy (non-hydrogen) atoms. The molecule has 2 aromatic rings. The Labute approximate surface area is 113 Å². The molecule has 1 unspecified atom stereocenters. The number of ether oxygens (including phenoxy) is 1. The zero-order valence-electron chi connectivity index (χ0n) is 10.8. The van der Waals surface area contributed by atoms with E-state index in [9.17, 15) is 0 Å². The standard InChI is InChI=1S/C18H16O/c1-2-8-17-16-12-7-6-11-15(16)13-18(19-17)14-9-4-3-5-10-14/h2-7,9-13,17H,1,8H2. The van der Waals surface area contributed by atoms with Gasteiger partial charge in [-0.05, 0) is 17.2 Å². The minimum atomic E-state index is 0.0638. The number of benzene rings is 2. The van der Waals surface area contributed by atoms with Gasteiger partial charge < -0.3 is 4.74 Å². The van der Waals surface area contributed by atoms with Crippen molar-refractivity contribution in [2.24, 2.45) is 0 Å². The van der Waals surface area contributed by atoms with E-state index in [0.29, 0.717) is 0 Å². The van der Waals surface area contributed by atoms with Crippen LogP contribution in [0.1, 0.15) is 29.2 Å². The Bertz CT molecular complexity index is 611. The Morgan fingerprint density at radius 3 is 2.53 bits per heavy atom. The molecule has 0 spiro atoms. The first-order chi connectivity index (χ1) is 9.38. The van der Waals surface area contributed by atoms with Crippen LogP contribution in [0.15, 0.2) is 67.3 Å². The molecule has 3 rings (SSSR count). The van der Waals surface area contributed by atoms with Crippen LogP contribution in [0, 0.1) is 0 Å². The predicted octanol–water partition coefficient (Wildman–Crippen LogP) is 4.83. The molecule has 94 valence electrons. The van der Waals surface area contributed by atoms with Gasteiger partial charge in [0.25, 0.3) is 0 Å². The molecular formula is C18H16O. The van der Waals surface area contributed by atoms with Crippen molar-refractivity contribution in [1.82, 2.24) is 0 Å². The van der Waals surface area contributed by atoms with Gasteiger partial charge in [-0.2, -0.15) is 0 Å². The van der Waals surface area contributed by atoms with E-state index in [4.69, 9.17) is 4.74 Å². The zero-order chi connectivity index (χ0) is 13.1. The highest BCUT2D eigenvalue weighted by Gasteiger charge is 2.21. The largest absolute Gasteiger partial charge is 0.485 e. The Hall–Kier alpha value is -2.28. The summed E-state index contributed by atoms with van der Waals surface area (Å²) in [6.07, 6.45) is 4.91. The number of hydrogen-bond acceptors (Lipinski definition) is 1. The van der Waals surface area contributed by atoms with Gasteiger partial charge in [0.05, 0.1) is 0 Å². The number of hydrogen-bond donors (Lipinski definition) is 0. The summed E-state index contributed by atoms with van der Waals surface area (Å²) in [5.41, 5.74) is 3.59. The van der Waals surface area contributed by atoms with Crippen molar-refractivity contribution in [3.8, 4) is 0 Å². The molecule has 2 aromatic carbocycles. The van der Waals surface area contributed by atoms with Crippen LogP contribution in [-0.4, -0.2) is 0 Å². The third-order valence-electron chi connectivity index (χ3n) is 3.34. The van der Waals surface area contributed by atoms with Gasteiger partial charge in [0.15, 0.2) is 0 Å². The van der Waals surface area contributed by atoms with Crippen molar-refractivity contribution in [2.75, 3.05) is 0 Å². The molecule has 0 aromatic heterocycles. The first-order valence-electron chi connectivity index (χ1n) is 6.52. The Kier molecular flexibility index (Phi) is 3.20. The normalized spacial score (nSPS) is 17.1. The molecule has 0 aliphatic carbocycles. The van der Waals surface area contributed by atoms with Gasteiger partial charge in [0, 0.05) is 12.0 Å². The van der Waals surface area contributed by atoms with Crippen LogP contribution in [0.25, 0.3) is 11.8 Å². The number of rotatable bonds is 3. The fraction of sp³-hybridized carbons (Fsp3) is 0.111. The van der Waals surface area contributed by atoms with E-state index in [1.807, 2.05) is 24.3 Å². The fourth-order valence-electron chi connectivity index (χ4n) is 2.41. The highest BCUT2D eigenvalue weighted by molar-refractivity contribution is 5.80. The van der Waals surface area contributed by atoms with E-state index >= 15 is 0 Å². The summed E-state index contributed by atoms with van der Waals surface area (Å²) in [6, 6.07) is 18.6. The topological polar surface area (TPSA) is 9.23 Å². The summed E-state index contributed by atoms with van der Waals surface area (Å²) < 4.78 is 6.13. The molecule has 1 nitrogen and oxygen atoms in total. The molecular weight excluding hydrogens is 232 g/mol.